The molecule has 2 aliphatic rings. The molecule has 12 nitrogen and oxygen atoms in total. The average molecular weight is 1130 g/mol. The summed E-state index contributed by atoms with van der Waals surface area (Å²) in [5.74, 6) is -11.3. The van der Waals surface area contributed by atoms with Gasteiger partial charge in [0.2, 0.25) is 0 Å². The third kappa shape index (κ3) is 11.7. The van der Waals surface area contributed by atoms with Crippen molar-refractivity contribution in [3.63, 3.8) is 0 Å². The molecule has 4 aromatic carbocycles. The molecule has 4 aromatic rings. The Balaban J connectivity index is 0.000000269. The van der Waals surface area contributed by atoms with E-state index in [1.807, 2.05) is 0 Å². The second-order valence-electron chi connectivity index (χ2n) is 18.1. The number of alkyl halides is 6. The predicted octanol–water partition coefficient (Wildman–Crippen LogP) is 13.6. The van der Waals surface area contributed by atoms with Crippen molar-refractivity contribution in [1.29, 1.82) is 0 Å². The summed E-state index contributed by atoms with van der Waals surface area (Å²) in [5.41, 5.74) is -7.02. The molecule has 2 amide bonds. The molecule has 6 rings (SSSR count). The quantitative estimate of drug-likeness (QED) is 0.0784. The summed E-state index contributed by atoms with van der Waals surface area (Å²) < 4.78 is 79.7. The third-order valence-corrected chi connectivity index (χ3v) is 14.4. The summed E-state index contributed by atoms with van der Waals surface area (Å²) >= 11 is 37.1. The predicted molar refractivity (Wildman–Crippen MR) is 255 cm³/mol. The first-order chi connectivity index (χ1) is 33.2. The van der Waals surface area contributed by atoms with Crippen molar-refractivity contribution in [1.82, 2.24) is 9.80 Å². The maximum atomic E-state index is 13.9. The van der Waals surface area contributed by atoms with Crippen LogP contribution in [0.5, 0.6) is 0 Å². The number of benzene rings is 4. The molecule has 6 unspecified atom stereocenters. The fourth-order valence-electron chi connectivity index (χ4n) is 9.55. The van der Waals surface area contributed by atoms with Crippen LogP contribution in [0.15, 0.2) is 72.8 Å². The molecule has 72 heavy (non-hydrogen) atoms. The van der Waals surface area contributed by atoms with Gasteiger partial charge in [0.25, 0.3) is 11.8 Å². The zero-order valence-corrected chi connectivity index (χ0v) is 42.4. The molecule has 0 saturated carbocycles. The molecule has 0 spiro atoms. The van der Waals surface area contributed by atoms with E-state index < -0.39 is 118 Å². The van der Waals surface area contributed by atoms with Gasteiger partial charge in [-0.15, -0.1) is 0 Å². The molecule has 0 bridgehead atoms. The number of amides is 2. The van der Waals surface area contributed by atoms with E-state index in [9.17, 15) is 75.5 Å². The lowest BCUT2D eigenvalue weighted by Gasteiger charge is -2.39. The summed E-state index contributed by atoms with van der Waals surface area (Å²) in [4.78, 5) is 79.6. The lowest BCUT2D eigenvalue weighted by atomic mass is 9.83. The molecule has 0 radical (unpaired) electrons. The molecule has 2 aliphatic heterocycles. The van der Waals surface area contributed by atoms with Crippen LogP contribution in [0.1, 0.15) is 108 Å². The maximum Gasteiger partial charge on any atom is 0.416 e. The van der Waals surface area contributed by atoms with E-state index in [0.29, 0.717) is 29.2 Å². The summed E-state index contributed by atoms with van der Waals surface area (Å²) in [6.45, 7) is 6.79. The van der Waals surface area contributed by atoms with Crippen LogP contribution >= 0.6 is 69.6 Å². The van der Waals surface area contributed by atoms with Crippen LogP contribution in [0.25, 0.3) is 0 Å². The van der Waals surface area contributed by atoms with Crippen LogP contribution in [0.3, 0.4) is 0 Å². The number of aliphatic carboxylic acids is 4. The van der Waals surface area contributed by atoms with Crippen molar-refractivity contribution in [2.45, 2.75) is 88.9 Å². The van der Waals surface area contributed by atoms with Gasteiger partial charge in [-0.05, 0) is 121 Å². The second-order valence-corrected chi connectivity index (χ2v) is 20.6. The fourth-order valence-corrected chi connectivity index (χ4v) is 10.8. The highest BCUT2D eigenvalue weighted by molar-refractivity contribution is 6.44. The standard InChI is InChI=1S/C25H22ClF6NO5.C23H20Cl5NO5/c1-12(2)10-23(22(37)38)11-17(21(35)36)19(16-9-15(25(30,31)32)7-8-18(16)26)33(23)20(34)13-3-5-14(6-4-13)24(27,28)29;1-10(2)8-23(22(33)34)9-14(21(31)32)19(13-6-12(24)7-17(27)18(13)28)29(23)20(30)11-3-4-15(25)16(26)5-11/h3-9,12,17,19H,10-11H2,1-2H3,(H,35,36)(H,37,38);3-7,10,14,19H,8-9H2,1-2H3,(H,31,32)(H,33,34). The van der Waals surface area contributed by atoms with Crippen molar-refractivity contribution in [3.8, 4) is 0 Å². The minimum atomic E-state index is -4.87. The van der Waals surface area contributed by atoms with Gasteiger partial charge in [-0.2, -0.15) is 26.3 Å². The Labute approximate surface area is 437 Å². The number of carbonyl (C=O) groups excluding carboxylic acids is 2. The SMILES string of the molecule is CC(C)CC1(C(=O)O)CC(C(=O)O)C(c2cc(C(F)(F)F)ccc2Cl)N1C(=O)c1ccc(C(F)(F)F)cc1.CC(C)CC1(C(=O)O)CC(C(=O)O)C(c2cc(Cl)cc(Cl)c2Cl)N1C(=O)c1ccc(Cl)c(Cl)c1. The normalized spacial score (nSPS) is 22.2. The Morgan fingerprint density at radius 1 is 0.542 bits per heavy atom. The highest BCUT2D eigenvalue weighted by Crippen LogP contribution is 2.55. The van der Waals surface area contributed by atoms with E-state index in [4.69, 9.17) is 69.6 Å². The fraction of sp³-hybridized carbons (Fsp3) is 0.375. The number of carboxylic acids is 4. The van der Waals surface area contributed by atoms with Gasteiger partial charge in [-0.3, -0.25) is 19.2 Å². The van der Waals surface area contributed by atoms with E-state index in [1.54, 1.807) is 27.7 Å². The molecule has 24 heteroatoms. The lowest BCUT2D eigenvalue weighted by molar-refractivity contribution is -0.151. The number of hydrogen-bond donors (Lipinski definition) is 4. The number of rotatable bonds is 12. The van der Waals surface area contributed by atoms with Crippen LogP contribution in [-0.2, 0) is 31.5 Å². The molecule has 2 heterocycles. The highest BCUT2D eigenvalue weighted by Gasteiger charge is 2.63. The molecule has 4 N–H and O–H groups in total. The number of hydrogen-bond acceptors (Lipinski definition) is 6. The van der Waals surface area contributed by atoms with Crippen LogP contribution in [0.2, 0.25) is 30.1 Å². The Morgan fingerprint density at radius 2 is 0.958 bits per heavy atom. The van der Waals surface area contributed by atoms with Crippen molar-refractivity contribution in [2.75, 3.05) is 0 Å². The monoisotopic (exact) mass is 1130 g/mol. The summed E-state index contributed by atoms with van der Waals surface area (Å²) in [7, 11) is 0. The smallest absolute Gasteiger partial charge is 0.416 e. The van der Waals surface area contributed by atoms with Gasteiger partial charge in [0.1, 0.15) is 11.1 Å². The lowest BCUT2D eigenvalue weighted by Crippen LogP contribution is -2.54. The minimum absolute atomic E-state index is 0.00158. The topological polar surface area (TPSA) is 190 Å². The van der Waals surface area contributed by atoms with Crippen molar-refractivity contribution in [3.05, 3.63) is 136 Å². The van der Waals surface area contributed by atoms with Crippen LogP contribution < -0.4 is 0 Å². The molecule has 6 atom stereocenters. The van der Waals surface area contributed by atoms with Crippen molar-refractivity contribution < 1.29 is 75.5 Å². The Kier molecular flexibility index (Phi) is 17.6. The van der Waals surface area contributed by atoms with Crippen LogP contribution in [0.4, 0.5) is 26.3 Å². The van der Waals surface area contributed by atoms with E-state index in [0.717, 1.165) is 23.1 Å². The number of carboxylic acid groups (broad SMARTS) is 4. The van der Waals surface area contributed by atoms with Crippen LogP contribution in [-0.4, -0.2) is 77.0 Å². The highest BCUT2D eigenvalue weighted by atomic mass is 35.5. The number of nitrogens with zero attached hydrogens (tertiary/aromatic N) is 2. The van der Waals surface area contributed by atoms with E-state index >= 15 is 0 Å². The molecule has 0 aliphatic carbocycles. The first-order valence-electron chi connectivity index (χ1n) is 21.4. The van der Waals surface area contributed by atoms with Gasteiger partial charge in [-0.1, -0.05) is 97.3 Å². The van der Waals surface area contributed by atoms with Gasteiger partial charge in [-0.25, -0.2) is 9.59 Å². The molecule has 388 valence electrons. The van der Waals surface area contributed by atoms with E-state index in [2.05, 4.69) is 0 Å². The Morgan fingerprint density at radius 3 is 1.38 bits per heavy atom. The third-order valence-electron chi connectivity index (χ3n) is 12.3. The van der Waals surface area contributed by atoms with Crippen LogP contribution in [0, 0.1) is 23.7 Å². The first-order valence-corrected chi connectivity index (χ1v) is 23.7. The second kappa shape index (κ2) is 21.9. The van der Waals surface area contributed by atoms with Gasteiger partial charge in [0, 0.05) is 21.2 Å². The Hall–Kier alpha value is -4.98. The molecule has 2 fully saturated rings. The number of halogens is 12. The van der Waals surface area contributed by atoms with E-state index in [1.165, 1.54) is 30.3 Å². The van der Waals surface area contributed by atoms with Gasteiger partial charge in [0.15, 0.2) is 0 Å². The number of carbonyl (C=O) groups is 6. The molecule has 2 saturated heterocycles. The van der Waals surface area contributed by atoms with Crippen molar-refractivity contribution >= 4 is 105 Å². The zero-order chi connectivity index (χ0) is 54.3. The summed E-state index contributed by atoms with van der Waals surface area (Å²) in [6, 6.07) is 8.71. The Bertz CT molecular complexity index is 2800. The summed E-state index contributed by atoms with van der Waals surface area (Å²) in [5, 5.41) is 40.9. The first kappa shape index (κ1) is 57.9. The van der Waals surface area contributed by atoms with E-state index in [-0.39, 0.29) is 66.4 Å². The largest absolute Gasteiger partial charge is 0.481 e. The zero-order valence-electron chi connectivity index (χ0n) is 37.9. The van der Waals surface area contributed by atoms with Gasteiger partial charge in [0.05, 0.1) is 55.1 Å². The average Bonchev–Trinajstić information content (AvgIpc) is 3.80. The number of likely N-dealkylation sites (tertiary alicyclic amines) is 2. The molecular weight excluding hydrogens is 1090 g/mol. The van der Waals surface area contributed by atoms with Gasteiger partial charge >= 0.3 is 36.2 Å². The van der Waals surface area contributed by atoms with Crippen molar-refractivity contribution in [2.24, 2.45) is 23.7 Å². The summed E-state index contributed by atoms with van der Waals surface area (Å²) in [6.07, 6.45) is -10.9. The maximum absolute atomic E-state index is 13.9. The minimum Gasteiger partial charge on any atom is -0.481 e. The van der Waals surface area contributed by atoms with Gasteiger partial charge < -0.3 is 30.2 Å². The molecule has 0 aromatic heterocycles. The molecular formula is C48H42Cl6F6N2O10.